The fourth-order valence-electron chi connectivity index (χ4n) is 3.98. The van der Waals surface area contributed by atoms with Crippen LogP contribution in [0.4, 0.5) is 0 Å². The number of amides is 1. The summed E-state index contributed by atoms with van der Waals surface area (Å²) < 4.78 is 3.89. The summed E-state index contributed by atoms with van der Waals surface area (Å²) in [6.45, 7) is 1.73. The van der Waals surface area contributed by atoms with Crippen LogP contribution in [-0.4, -0.2) is 24.6 Å². The number of imidazole rings is 1. The second-order valence-corrected chi connectivity index (χ2v) is 7.36. The van der Waals surface area contributed by atoms with Crippen LogP contribution >= 0.6 is 0 Å². The highest BCUT2D eigenvalue weighted by molar-refractivity contribution is 5.83. The van der Waals surface area contributed by atoms with E-state index in [0.29, 0.717) is 0 Å². The van der Waals surface area contributed by atoms with Crippen LogP contribution in [-0.2, 0) is 25.3 Å². The van der Waals surface area contributed by atoms with Crippen molar-refractivity contribution in [1.29, 1.82) is 0 Å². The summed E-state index contributed by atoms with van der Waals surface area (Å²) in [4.78, 5) is 41.9. The van der Waals surface area contributed by atoms with Gasteiger partial charge in [0.2, 0.25) is 5.91 Å². The van der Waals surface area contributed by atoms with Crippen LogP contribution in [0.3, 0.4) is 0 Å². The third-order valence-corrected chi connectivity index (χ3v) is 5.66. The normalized spacial score (nSPS) is 17.3. The van der Waals surface area contributed by atoms with E-state index in [1.54, 1.807) is 18.5 Å². The maximum absolute atomic E-state index is 13.0. The van der Waals surface area contributed by atoms with Crippen molar-refractivity contribution in [2.24, 2.45) is 14.1 Å². The molecule has 1 aliphatic carbocycles. The van der Waals surface area contributed by atoms with E-state index < -0.39 is 17.3 Å². The summed E-state index contributed by atoms with van der Waals surface area (Å²) in [6.07, 6.45) is 4.38. The van der Waals surface area contributed by atoms with Gasteiger partial charge in [-0.1, -0.05) is 24.3 Å². The third kappa shape index (κ3) is 2.76. The van der Waals surface area contributed by atoms with Crippen LogP contribution in [0.15, 0.2) is 40.2 Å². The Morgan fingerprint density at radius 1 is 1.21 bits per heavy atom. The van der Waals surface area contributed by atoms with E-state index in [1.807, 2.05) is 12.1 Å². The molecular weight excluding hydrogens is 358 g/mol. The molecule has 0 spiro atoms. The molecule has 0 unspecified atom stereocenters. The summed E-state index contributed by atoms with van der Waals surface area (Å²) in [5.74, 6) is -0.183. The first kappa shape index (κ1) is 18.2. The van der Waals surface area contributed by atoms with Gasteiger partial charge in [0.25, 0.3) is 5.56 Å². The number of aromatic nitrogens is 4. The molecule has 4 rings (SSSR count). The number of carbonyl (C=O) groups excluding carboxylic acids is 1. The molecule has 1 amide bonds. The van der Waals surface area contributed by atoms with Gasteiger partial charge in [-0.25, -0.2) is 9.78 Å². The molecule has 28 heavy (non-hydrogen) atoms. The molecule has 1 aromatic carbocycles. The standard InChI is InChI=1S/C20H23N5O3/c1-12(18(26)22-15-10-6-8-13-7-4-5-9-14(13)15)25-11-21-17-16(25)19(27)24(3)20(28)23(17)2/h4-5,7,9,11-12,15H,6,8,10H2,1-3H3,(H,22,26)/t12-,15-/m0/s1. The Morgan fingerprint density at radius 2 is 1.96 bits per heavy atom. The predicted molar refractivity (Wildman–Crippen MR) is 105 cm³/mol. The van der Waals surface area contributed by atoms with E-state index >= 15 is 0 Å². The summed E-state index contributed by atoms with van der Waals surface area (Å²) in [6, 6.07) is 7.49. The molecule has 0 radical (unpaired) electrons. The molecule has 0 bridgehead atoms. The lowest BCUT2D eigenvalue weighted by Gasteiger charge is -2.27. The van der Waals surface area contributed by atoms with Crippen LogP contribution in [0.2, 0.25) is 0 Å². The van der Waals surface area contributed by atoms with Gasteiger partial charge in [0.05, 0.1) is 12.4 Å². The highest BCUT2D eigenvalue weighted by atomic mass is 16.2. The van der Waals surface area contributed by atoms with Crippen molar-refractivity contribution in [3.63, 3.8) is 0 Å². The second-order valence-electron chi connectivity index (χ2n) is 7.36. The van der Waals surface area contributed by atoms with Gasteiger partial charge in [-0.15, -0.1) is 0 Å². The fraction of sp³-hybridized carbons (Fsp3) is 0.400. The smallest absolute Gasteiger partial charge is 0.332 e. The largest absolute Gasteiger partial charge is 0.347 e. The quantitative estimate of drug-likeness (QED) is 0.738. The molecule has 3 aromatic rings. The predicted octanol–water partition coefficient (Wildman–Crippen LogP) is 1.19. The van der Waals surface area contributed by atoms with Gasteiger partial charge in [-0.3, -0.25) is 18.7 Å². The minimum atomic E-state index is -0.635. The number of aryl methyl sites for hydroxylation is 2. The number of benzene rings is 1. The Morgan fingerprint density at radius 3 is 2.75 bits per heavy atom. The van der Waals surface area contributed by atoms with Gasteiger partial charge >= 0.3 is 5.69 Å². The molecule has 8 nitrogen and oxygen atoms in total. The number of nitrogens with zero attached hydrogens (tertiary/aromatic N) is 4. The van der Waals surface area contributed by atoms with E-state index in [0.717, 1.165) is 29.4 Å². The van der Waals surface area contributed by atoms with Crippen molar-refractivity contribution in [3.05, 3.63) is 62.6 Å². The van der Waals surface area contributed by atoms with E-state index in [4.69, 9.17) is 0 Å². The molecule has 2 atom stereocenters. The van der Waals surface area contributed by atoms with Crippen molar-refractivity contribution >= 4 is 17.1 Å². The number of hydrogen-bond donors (Lipinski definition) is 1. The minimum absolute atomic E-state index is 0.0399. The fourth-order valence-corrected chi connectivity index (χ4v) is 3.98. The number of nitrogens with one attached hydrogen (secondary N) is 1. The molecule has 0 saturated heterocycles. The van der Waals surface area contributed by atoms with Crippen LogP contribution in [0.5, 0.6) is 0 Å². The molecular formula is C20H23N5O3. The topological polar surface area (TPSA) is 90.9 Å². The summed E-state index contributed by atoms with van der Waals surface area (Å²) >= 11 is 0. The SMILES string of the molecule is C[C@@H](C(=O)N[C@H]1CCCc2ccccc21)n1cnc2c1c(=O)n(C)c(=O)n2C. The van der Waals surface area contributed by atoms with Crippen LogP contribution in [0, 0.1) is 0 Å². The molecule has 1 N–H and O–H groups in total. The van der Waals surface area contributed by atoms with Gasteiger partial charge < -0.3 is 9.88 Å². The number of fused-ring (bicyclic) bond motifs is 2. The Hall–Kier alpha value is -3.16. The van der Waals surface area contributed by atoms with Gasteiger partial charge in [-0.05, 0) is 37.3 Å². The molecule has 0 saturated carbocycles. The van der Waals surface area contributed by atoms with Crippen LogP contribution in [0.1, 0.15) is 43.0 Å². The number of hydrogen-bond acceptors (Lipinski definition) is 4. The molecule has 2 heterocycles. The molecule has 2 aromatic heterocycles. The minimum Gasteiger partial charge on any atom is -0.347 e. The van der Waals surface area contributed by atoms with Crippen molar-refractivity contribution in [2.75, 3.05) is 0 Å². The third-order valence-electron chi connectivity index (χ3n) is 5.66. The zero-order chi connectivity index (χ0) is 20.0. The first-order valence-electron chi connectivity index (χ1n) is 9.41. The Kier molecular flexibility index (Phi) is 4.41. The number of rotatable bonds is 3. The van der Waals surface area contributed by atoms with E-state index in [9.17, 15) is 14.4 Å². The molecule has 0 aliphatic heterocycles. The lowest BCUT2D eigenvalue weighted by molar-refractivity contribution is -0.124. The molecule has 0 fully saturated rings. The first-order valence-corrected chi connectivity index (χ1v) is 9.41. The zero-order valence-corrected chi connectivity index (χ0v) is 16.2. The molecule has 1 aliphatic rings. The Balaban J connectivity index is 1.68. The average molecular weight is 381 g/mol. The van der Waals surface area contributed by atoms with E-state index in [-0.39, 0.29) is 23.1 Å². The average Bonchev–Trinajstić information content (AvgIpc) is 3.15. The van der Waals surface area contributed by atoms with Gasteiger partial charge in [0, 0.05) is 14.1 Å². The Bertz CT molecular complexity index is 1190. The summed E-state index contributed by atoms with van der Waals surface area (Å²) in [5, 5.41) is 3.12. The lowest BCUT2D eigenvalue weighted by atomic mass is 9.87. The highest BCUT2D eigenvalue weighted by Crippen LogP contribution is 2.30. The van der Waals surface area contributed by atoms with Crippen molar-refractivity contribution < 1.29 is 4.79 Å². The second kappa shape index (κ2) is 6.78. The maximum atomic E-state index is 13.0. The highest BCUT2D eigenvalue weighted by Gasteiger charge is 2.26. The maximum Gasteiger partial charge on any atom is 0.332 e. The summed E-state index contributed by atoms with van der Waals surface area (Å²) in [7, 11) is 2.98. The van der Waals surface area contributed by atoms with Gasteiger partial charge in [0.15, 0.2) is 11.2 Å². The lowest BCUT2D eigenvalue weighted by Crippen LogP contribution is -2.39. The molecule has 146 valence electrons. The van der Waals surface area contributed by atoms with Gasteiger partial charge in [-0.2, -0.15) is 0 Å². The van der Waals surface area contributed by atoms with Gasteiger partial charge in [0.1, 0.15) is 6.04 Å². The molecule has 8 heteroatoms. The van der Waals surface area contributed by atoms with Crippen molar-refractivity contribution in [2.45, 2.75) is 38.3 Å². The summed E-state index contributed by atoms with van der Waals surface area (Å²) in [5.41, 5.74) is 2.04. The Labute approximate surface area is 161 Å². The monoisotopic (exact) mass is 381 g/mol. The zero-order valence-electron chi connectivity index (χ0n) is 16.2. The number of carbonyl (C=O) groups is 1. The van der Waals surface area contributed by atoms with Crippen molar-refractivity contribution in [1.82, 2.24) is 24.0 Å². The van der Waals surface area contributed by atoms with Crippen LogP contribution < -0.4 is 16.6 Å². The van der Waals surface area contributed by atoms with Crippen LogP contribution in [0.25, 0.3) is 11.2 Å². The van der Waals surface area contributed by atoms with Crippen molar-refractivity contribution in [3.8, 4) is 0 Å². The first-order chi connectivity index (χ1) is 13.4. The van der Waals surface area contributed by atoms with E-state index in [1.165, 1.54) is 23.5 Å². The van der Waals surface area contributed by atoms with E-state index in [2.05, 4.69) is 22.4 Å².